The zero-order valence-corrected chi connectivity index (χ0v) is 13.7. The predicted octanol–water partition coefficient (Wildman–Crippen LogP) is 1.73. The molecule has 116 valence electrons. The average molecular weight is 307 g/mol. The number of hydrogen-bond acceptors (Lipinski definition) is 4. The fraction of sp³-hybridized carbons (Fsp3) is 0.562. The van der Waals surface area contributed by atoms with Crippen molar-refractivity contribution < 1.29 is 4.74 Å². The van der Waals surface area contributed by atoms with Crippen LogP contribution >= 0.6 is 12.2 Å². The van der Waals surface area contributed by atoms with Crippen LogP contribution in [-0.4, -0.2) is 60.7 Å². The van der Waals surface area contributed by atoms with Gasteiger partial charge in [-0.1, -0.05) is 24.4 Å². The van der Waals surface area contributed by atoms with Gasteiger partial charge in [0.25, 0.3) is 0 Å². The number of nitrogens with two attached hydrogens (primary N) is 1. The molecule has 5 heteroatoms. The molecule has 1 aliphatic heterocycles. The standard InChI is InChI=1S/C16H25N3OS/c1-13-12-18(2)8-5-9-19(13)10-11-20-15-7-4-3-6-14(15)16(17)21/h3-4,6-7,13H,5,8-12H2,1-2H3,(H2,17,21). The second-order valence-corrected chi connectivity index (χ2v) is 6.15. The molecular weight excluding hydrogens is 282 g/mol. The fourth-order valence-electron chi connectivity index (χ4n) is 2.82. The van der Waals surface area contributed by atoms with Gasteiger partial charge in [-0.05, 0) is 45.6 Å². The van der Waals surface area contributed by atoms with Crippen LogP contribution in [0.4, 0.5) is 0 Å². The van der Waals surface area contributed by atoms with Gasteiger partial charge < -0.3 is 15.4 Å². The first-order chi connectivity index (χ1) is 10.1. The summed E-state index contributed by atoms with van der Waals surface area (Å²) >= 11 is 5.06. The summed E-state index contributed by atoms with van der Waals surface area (Å²) in [6, 6.07) is 8.26. The summed E-state index contributed by atoms with van der Waals surface area (Å²) < 4.78 is 5.89. The highest BCUT2D eigenvalue weighted by atomic mass is 32.1. The third-order valence-electron chi connectivity index (χ3n) is 3.97. The Bertz CT molecular complexity index is 480. The zero-order valence-electron chi connectivity index (χ0n) is 12.9. The Morgan fingerprint density at radius 3 is 2.90 bits per heavy atom. The monoisotopic (exact) mass is 307 g/mol. The quantitative estimate of drug-likeness (QED) is 0.839. The largest absolute Gasteiger partial charge is 0.492 e. The highest BCUT2D eigenvalue weighted by molar-refractivity contribution is 7.80. The molecule has 2 N–H and O–H groups in total. The Hall–Kier alpha value is -1.17. The fourth-order valence-corrected chi connectivity index (χ4v) is 2.99. The van der Waals surface area contributed by atoms with Gasteiger partial charge in [-0.3, -0.25) is 4.90 Å². The molecular formula is C16H25N3OS. The summed E-state index contributed by atoms with van der Waals surface area (Å²) in [7, 11) is 2.19. The minimum Gasteiger partial charge on any atom is -0.492 e. The minimum atomic E-state index is 0.385. The van der Waals surface area contributed by atoms with Crippen molar-refractivity contribution in [3.8, 4) is 5.75 Å². The van der Waals surface area contributed by atoms with Crippen LogP contribution in [0.1, 0.15) is 18.9 Å². The molecule has 0 saturated carbocycles. The molecule has 0 aliphatic carbocycles. The molecule has 4 nitrogen and oxygen atoms in total. The third-order valence-corrected chi connectivity index (χ3v) is 4.19. The molecule has 1 fully saturated rings. The lowest BCUT2D eigenvalue weighted by atomic mass is 10.2. The second kappa shape index (κ2) is 7.73. The summed E-state index contributed by atoms with van der Waals surface area (Å²) in [5.74, 6) is 0.782. The minimum absolute atomic E-state index is 0.385. The highest BCUT2D eigenvalue weighted by Gasteiger charge is 2.19. The van der Waals surface area contributed by atoms with E-state index in [-0.39, 0.29) is 0 Å². The van der Waals surface area contributed by atoms with Gasteiger partial charge in [0.2, 0.25) is 0 Å². The van der Waals surface area contributed by atoms with E-state index in [2.05, 4.69) is 23.8 Å². The van der Waals surface area contributed by atoms with Gasteiger partial charge in [-0.2, -0.15) is 0 Å². The third kappa shape index (κ3) is 4.66. The molecule has 0 spiro atoms. The van der Waals surface area contributed by atoms with Crippen molar-refractivity contribution in [1.29, 1.82) is 0 Å². The zero-order chi connectivity index (χ0) is 15.2. The molecule has 1 saturated heterocycles. The van der Waals surface area contributed by atoms with Crippen molar-refractivity contribution in [3.63, 3.8) is 0 Å². The van der Waals surface area contributed by atoms with Gasteiger partial charge in [-0.15, -0.1) is 0 Å². The van der Waals surface area contributed by atoms with Crippen molar-refractivity contribution in [2.75, 3.05) is 39.8 Å². The SMILES string of the molecule is CC1CN(C)CCCN1CCOc1ccccc1C(N)=S. The van der Waals surface area contributed by atoms with Gasteiger partial charge in [0.05, 0.1) is 5.56 Å². The molecule has 21 heavy (non-hydrogen) atoms. The van der Waals surface area contributed by atoms with Crippen LogP contribution in [-0.2, 0) is 0 Å². The summed E-state index contributed by atoms with van der Waals surface area (Å²) in [6.45, 7) is 7.29. The smallest absolute Gasteiger partial charge is 0.129 e. The maximum Gasteiger partial charge on any atom is 0.129 e. The summed E-state index contributed by atoms with van der Waals surface area (Å²) in [6.07, 6.45) is 1.21. The maximum absolute atomic E-state index is 5.89. The lowest BCUT2D eigenvalue weighted by Crippen LogP contribution is -2.40. The van der Waals surface area contributed by atoms with Gasteiger partial charge in [0.1, 0.15) is 17.3 Å². The molecule has 1 aliphatic rings. The van der Waals surface area contributed by atoms with Crippen LogP contribution < -0.4 is 10.5 Å². The van der Waals surface area contributed by atoms with Gasteiger partial charge >= 0.3 is 0 Å². The molecule has 1 aromatic carbocycles. The molecule has 1 atom stereocenters. The van der Waals surface area contributed by atoms with Crippen molar-refractivity contribution in [2.45, 2.75) is 19.4 Å². The van der Waals surface area contributed by atoms with Gasteiger partial charge in [-0.25, -0.2) is 0 Å². The Morgan fingerprint density at radius 2 is 2.14 bits per heavy atom. The Balaban J connectivity index is 1.88. The van der Waals surface area contributed by atoms with E-state index in [1.54, 1.807) is 0 Å². The molecule has 1 unspecified atom stereocenters. The molecule has 0 amide bonds. The molecule has 2 rings (SSSR count). The van der Waals surface area contributed by atoms with Gasteiger partial charge in [0, 0.05) is 19.1 Å². The van der Waals surface area contributed by atoms with E-state index in [1.165, 1.54) is 13.0 Å². The summed E-state index contributed by atoms with van der Waals surface area (Å²) in [5.41, 5.74) is 6.54. The molecule has 1 heterocycles. The molecule has 0 aromatic heterocycles. The van der Waals surface area contributed by atoms with E-state index in [0.717, 1.165) is 30.9 Å². The lowest BCUT2D eigenvalue weighted by Gasteiger charge is -2.27. The van der Waals surface area contributed by atoms with E-state index in [0.29, 0.717) is 17.6 Å². The second-order valence-electron chi connectivity index (χ2n) is 5.71. The number of nitrogens with zero attached hydrogens (tertiary/aromatic N) is 2. The number of benzene rings is 1. The number of para-hydroxylation sites is 1. The van der Waals surface area contributed by atoms with E-state index < -0.39 is 0 Å². The van der Waals surface area contributed by atoms with Crippen LogP contribution in [0.15, 0.2) is 24.3 Å². The maximum atomic E-state index is 5.89. The molecule has 0 bridgehead atoms. The predicted molar refractivity (Wildman–Crippen MR) is 91.0 cm³/mol. The first kappa shape index (κ1) is 16.2. The number of hydrogen-bond donors (Lipinski definition) is 1. The summed E-state index contributed by atoms with van der Waals surface area (Å²) in [4.78, 5) is 5.27. The Morgan fingerprint density at radius 1 is 1.38 bits per heavy atom. The van der Waals surface area contributed by atoms with Crippen LogP contribution in [0, 0.1) is 0 Å². The van der Waals surface area contributed by atoms with Crippen molar-refractivity contribution >= 4 is 17.2 Å². The number of likely N-dealkylation sites (N-methyl/N-ethyl adjacent to an activating group) is 1. The van der Waals surface area contributed by atoms with E-state index in [9.17, 15) is 0 Å². The lowest BCUT2D eigenvalue weighted by molar-refractivity contribution is 0.166. The van der Waals surface area contributed by atoms with E-state index >= 15 is 0 Å². The number of ether oxygens (including phenoxy) is 1. The summed E-state index contributed by atoms with van der Waals surface area (Å²) in [5, 5.41) is 0. The van der Waals surface area contributed by atoms with Crippen LogP contribution in [0.3, 0.4) is 0 Å². The van der Waals surface area contributed by atoms with Crippen molar-refractivity contribution in [1.82, 2.24) is 9.80 Å². The van der Waals surface area contributed by atoms with E-state index in [4.69, 9.17) is 22.7 Å². The molecule has 0 radical (unpaired) electrons. The normalized spacial score (nSPS) is 21.0. The Labute approximate surface area is 132 Å². The van der Waals surface area contributed by atoms with Crippen LogP contribution in [0.2, 0.25) is 0 Å². The number of rotatable bonds is 5. The van der Waals surface area contributed by atoms with Crippen LogP contribution in [0.5, 0.6) is 5.75 Å². The molecule has 1 aromatic rings. The highest BCUT2D eigenvalue weighted by Crippen LogP contribution is 2.18. The van der Waals surface area contributed by atoms with E-state index in [1.807, 2.05) is 24.3 Å². The van der Waals surface area contributed by atoms with Crippen molar-refractivity contribution in [2.24, 2.45) is 5.73 Å². The topological polar surface area (TPSA) is 41.7 Å². The van der Waals surface area contributed by atoms with Gasteiger partial charge in [0.15, 0.2) is 0 Å². The first-order valence-electron chi connectivity index (χ1n) is 7.52. The average Bonchev–Trinajstić information content (AvgIpc) is 2.60. The Kier molecular flexibility index (Phi) is 5.96. The first-order valence-corrected chi connectivity index (χ1v) is 7.93. The number of thiocarbonyl (C=S) groups is 1. The van der Waals surface area contributed by atoms with Crippen molar-refractivity contribution in [3.05, 3.63) is 29.8 Å². The van der Waals surface area contributed by atoms with Crippen LogP contribution in [0.25, 0.3) is 0 Å².